The quantitative estimate of drug-likeness (QED) is 0.748. The van der Waals surface area contributed by atoms with E-state index < -0.39 is 0 Å². The van der Waals surface area contributed by atoms with Crippen LogP contribution in [0, 0.1) is 0 Å². The Morgan fingerprint density at radius 1 is 0.913 bits per heavy atom. The average Bonchev–Trinajstić information content (AvgIpc) is 2.59. The fourth-order valence-electron chi connectivity index (χ4n) is 2.45. The molecule has 2 aromatic rings. The third-order valence-electron chi connectivity index (χ3n) is 3.72. The standard InChI is InChI=1S/C19H25N3O/c20-13-16-22(14-11-17-7-3-1-4-8-17)15-12-19(23)21-18-9-5-2-6-10-18/h1-10H,11-16,20H2,(H,21,23). The minimum Gasteiger partial charge on any atom is -0.329 e. The minimum absolute atomic E-state index is 0.0398. The molecule has 0 bridgehead atoms. The fourth-order valence-corrected chi connectivity index (χ4v) is 2.45. The Balaban J connectivity index is 1.76. The monoisotopic (exact) mass is 311 g/mol. The third-order valence-corrected chi connectivity index (χ3v) is 3.72. The molecule has 0 fully saturated rings. The van der Waals surface area contributed by atoms with Crippen LogP contribution in [0.15, 0.2) is 60.7 Å². The van der Waals surface area contributed by atoms with Gasteiger partial charge in [-0.15, -0.1) is 0 Å². The number of para-hydroxylation sites is 1. The Bertz CT molecular complexity index is 572. The van der Waals surface area contributed by atoms with Crippen LogP contribution >= 0.6 is 0 Å². The van der Waals surface area contributed by atoms with Gasteiger partial charge in [0.1, 0.15) is 0 Å². The summed E-state index contributed by atoms with van der Waals surface area (Å²) in [5.41, 5.74) is 7.83. The lowest BCUT2D eigenvalue weighted by Crippen LogP contribution is -2.34. The molecule has 0 radical (unpaired) electrons. The highest BCUT2D eigenvalue weighted by molar-refractivity contribution is 5.90. The first-order valence-electron chi connectivity index (χ1n) is 8.09. The molecule has 23 heavy (non-hydrogen) atoms. The number of nitrogens with zero attached hydrogens (tertiary/aromatic N) is 1. The number of benzene rings is 2. The molecule has 3 N–H and O–H groups in total. The number of nitrogens with one attached hydrogen (secondary N) is 1. The second-order valence-electron chi connectivity index (χ2n) is 5.53. The summed E-state index contributed by atoms with van der Waals surface area (Å²) in [4.78, 5) is 14.3. The number of carbonyl (C=O) groups is 1. The Labute approximate surface area is 138 Å². The molecule has 2 rings (SSSR count). The molecule has 0 aliphatic carbocycles. The van der Waals surface area contributed by atoms with E-state index in [1.165, 1.54) is 5.56 Å². The molecule has 4 nitrogen and oxygen atoms in total. The van der Waals surface area contributed by atoms with Gasteiger partial charge in [0.2, 0.25) is 5.91 Å². The van der Waals surface area contributed by atoms with Crippen molar-refractivity contribution in [2.75, 3.05) is 31.5 Å². The lowest BCUT2D eigenvalue weighted by atomic mass is 10.1. The number of hydrogen-bond donors (Lipinski definition) is 2. The SMILES string of the molecule is NCCN(CCC(=O)Nc1ccccc1)CCc1ccccc1. The van der Waals surface area contributed by atoms with Crippen LogP contribution in [0.3, 0.4) is 0 Å². The van der Waals surface area contributed by atoms with Crippen LogP contribution < -0.4 is 11.1 Å². The van der Waals surface area contributed by atoms with E-state index in [1.54, 1.807) is 0 Å². The van der Waals surface area contributed by atoms with Gasteiger partial charge in [-0.1, -0.05) is 48.5 Å². The summed E-state index contributed by atoms with van der Waals surface area (Å²) >= 11 is 0. The molecular weight excluding hydrogens is 286 g/mol. The van der Waals surface area contributed by atoms with Crippen LogP contribution in [0.4, 0.5) is 5.69 Å². The molecule has 2 aromatic carbocycles. The second kappa shape index (κ2) is 9.77. The van der Waals surface area contributed by atoms with Crippen molar-refractivity contribution in [3.63, 3.8) is 0 Å². The topological polar surface area (TPSA) is 58.4 Å². The van der Waals surface area contributed by atoms with Crippen molar-refractivity contribution in [3.05, 3.63) is 66.2 Å². The van der Waals surface area contributed by atoms with Crippen molar-refractivity contribution in [1.29, 1.82) is 0 Å². The van der Waals surface area contributed by atoms with Crippen molar-refractivity contribution in [2.24, 2.45) is 5.73 Å². The lowest BCUT2D eigenvalue weighted by Gasteiger charge is -2.21. The van der Waals surface area contributed by atoms with Crippen molar-refractivity contribution >= 4 is 11.6 Å². The van der Waals surface area contributed by atoms with Crippen molar-refractivity contribution in [1.82, 2.24) is 4.90 Å². The van der Waals surface area contributed by atoms with E-state index in [0.29, 0.717) is 13.0 Å². The van der Waals surface area contributed by atoms with E-state index in [0.717, 1.165) is 31.7 Å². The molecule has 0 heterocycles. The number of nitrogens with two attached hydrogens (primary N) is 1. The normalized spacial score (nSPS) is 10.7. The average molecular weight is 311 g/mol. The number of anilines is 1. The maximum atomic E-state index is 12.0. The van der Waals surface area contributed by atoms with Crippen LogP contribution in [0.2, 0.25) is 0 Å². The van der Waals surface area contributed by atoms with E-state index in [9.17, 15) is 4.79 Å². The predicted octanol–water partition coefficient (Wildman–Crippen LogP) is 2.52. The van der Waals surface area contributed by atoms with Gasteiger partial charge < -0.3 is 16.0 Å². The molecule has 0 aromatic heterocycles. The molecule has 0 saturated heterocycles. The smallest absolute Gasteiger partial charge is 0.225 e. The number of amides is 1. The minimum atomic E-state index is 0.0398. The van der Waals surface area contributed by atoms with E-state index >= 15 is 0 Å². The highest BCUT2D eigenvalue weighted by Crippen LogP contribution is 2.06. The zero-order valence-electron chi connectivity index (χ0n) is 13.4. The maximum Gasteiger partial charge on any atom is 0.225 e. The summed E-state index contributed by atoms with van der Waals surface area (Å²) in [5, 5.41) is 2.92. The van der Waals surface area contributed by atoms with Crippen LogP contribution in [0.5, 0.6) is 0 Å². The second-order valence-corrected chi connectivity index (χ2v) is 5.53. The van der Waals surface area contributed by atoms with Gasteiger partial charge >= 0.3 is 0 Å². The summed E-state index contributed by atoms with van der Waals surface area (Å²) in [5.74, 6) is 0.0398. The lowest BCUT2D eigenvalue weighted by molar-refractivity contribution is -0.116. The molecule has 0 saturated carbocycles. The third kappa shape index (κ3) is 6.63. The van der Waals surface area contributed by atoms with Gasteiger partial charge in [-0.2, -0.15) is 0 Å². The van der Waals surface area contributed by atoms with E-state index in [1.807, 2.05) is 36.4 Å². The number of rotatable bonds is 9. The van der Waals surface area contributed by atoms with Crippen LogP contribution in [-0.2, 0) is 11.2 Å². The number of carbonyl (C=O) groups excluding carboxylic acids is 1. The van der Waals surface area contributed by atoms with Gasteiger partial charge in [0.05, 0.1) is 0 Å². The molecule has 0 atom stereocenters. The van der Waals surface area contributed by atoms with Gasteiger partial charge in [0.15, 0.2) is 0 Å². The van der Waals surface area contributed by atoms with Crippen LogP contribution in [-0.4, -0.2) is 37.0 Å². The summed E-state index contributed by atoms with van der Waals surface area (Å²) in [6.07, 6.45) is 1.45. The molecule has 122 valence electrons. The fraction of sp³-hybridized carbons (Fsp3) is 0.316. The molecule has 4 heteroatoms. The zero-order valence-corrected chi connectivity index (χ0v) is 13.4. The van der Waals surface area contributed by atoms with E-state index in [4.69, 9.17) is 5.73 Å². The summed E-state index contributed by atoms with van der Waals surface area (Å²) in [6, 6.07) is 19.9. The van der Waals surface area contributed by atoms with Gasteiger partial charge in [-0.25, -0.2) is 0 Å². The molecule has 1 amide bonds. The first-order valence-corrected chi connectivity index (χ1v) is 8.09. The number of hydrogen-bond acceptors (Lipinski definition) is 3. The van der Waals surface area contributed by atoms with Crippen LogP contribution in [0.1, 0.15) is 12.0 Å². The molecule has 0 spiro atoms. The molecule has 0 aliphatic heterocycles. The van der Waals surface area contributed by atoms with E-state index in [2.05, 4.69) is 34.5 Å². The van der Waals surface area contributed by atoms with Gasteiger partial charge in [0, 0.05) is 38.3 Å². The predicted molar refractivity (Wildman–Crippen MR) is 95.3 cm³/mol. The van der Waals surface area contributed by atoms with Gasteiger partial charge in [-0.05, 0) is 24.1 Å². The zero-order chi connectivity index (χ0) is 16.3. The van der Waals surface area contributed by atoms with Crippen molar-refractivity contribution < 1.29 is 4.79 Å². The molecular formula is C19H25N3O. The molecule has 0 aliphatic rings. The maximum absolute atomic E-state index is 12.0. The Morgan fingerprint density at radius 2 is 1.57 bits per heavy atom. The Kier molecular flexibility index (Phi) is 7.30. The van der Waals surface area contributed by atoms with Crippen LogP contribution in [0.25, 0.3) is 0 Å². The van der Waals surface area contributed by atoms with Crippen molar-refractivity contribution in [2.45, 2.75) is 12.8 Å². The van der Waals surface area contributed by atoms with Gasteiger partial charge in [0.25, 0.3) is 0 Å². The Hall–Kier alpha value is -2.17. The van der Waals surface area contributed by atoms with E-state index in [-0.39, 0.29) is 5.91 Å². The largest absolute Gasteiger partial charge is 0.329 e. The highest BCUT2D eigenvalue weighted by Gasteiger charge is 2.08. The first-order chi connectivity index (χ1) is 11.3. The Morgan fingerprint density at radius 3 is 2.22 bits per heavy atom. The molecule has 0 unspecified atom stereocenters. The summed E-state index contributed by atoms with van der Waals surface area (Å²) in [7, 11) is 0. The first kappa shape index (κ1) is 17.2. The van der Waals surface area contributed by atoms with Gasteiger partial charge in [-0.3, -0.25) is 4.79 Å². The van der Waals surface area contributed by atoms with Crippen molar-refractivity contribution in [3.8, 4) is 0 Å². The summed E-state index contributed by atoms with van der Waals surface area (Å²) in [6.45, 7) is 3.06. The summed E-state index contributed by atoms with van der Waals surface area (Å²) < 4.78 is 0. The highest BCUT2D eigenvalue weighted by atomic mass is 16.1.